The van der Waals surface area contributed by atoms with Gasteiger partial charge in [-0.05, 0) is 6.42 Å². The minimum Gasteiger partial charge on any atom is -0.356 e. The highest BCUT2D eigenvalue weighted by Gasteiger charge is 1.85. The predicted octanol–water partition coefficient (Wildman–Crippen LogP) is 1.95. The van der Waals surface area contributed by atoms with Crippen molar-refractivity contribution in [3.63, 3.8) is 0 Å². The van der Waals surface area contributed by atoms with Gasteiger partial charge in [-0.3, -0.25) is 4.79 Å². The van der Waals surface area contributed by atoms with Crippen molar-refractivity contribution in [1.29, 1.82) is 0 Å². The second-order valence-corrected chi connectivity index (χ2v) is 1.84. The minimum absolute atomic E-state index is 0.0680. The summed E-state index contributed by atoms with van der Waals surface area (Å²) in [5, 5.41) is 2.71. The van der Waals surface area contributed by atoms with Gasteiger partial charge in [-0.1, -0.05) is 27.2 Å². The van der Waals surface area contributed by atoms with Gasteiger partial charge >= 0.3 is 0 Å². The van der Waals surface area contributed by atoms with Gasteiger partial charge in [0.05, 0.1) is 0 Å². The van der Waals surface area contributed by atoms with Crippen molar-refractivity contribution in [3.05, 3.63) is 0 Å². The Bertz CT molecular complexity index is 71.7. The number of hydrogen-bond donors (Lipinski definition) is 1. The molecule has 0 aromatic heterocycles. The molecule has 1 N–H and O–H groups in total. The number of amides is 1. The van der Waals surface area contributed by atoms with Crippen LogP contribution in [0.3, 0.4) is 0 Å². The van der Waals surface area contributed by atoms with Crippen LogP contribution in [-0.4, -0.2) is 12.5 Å². The maximum absolute atomic E-state index is 10.2. The SMILES string of the molecule is CC.CCCCNC(C)=O. The largest absolute Gasteiger partial charge is 0.356 e. The summed E-state index contributed by atoms with van der Waals surface area (Å²) in [7, 11) is 0. The summed E-state index contributed by atoms with van der Waals surface area (Å²) in [5.74, 6) is 0.0680. The first-order valence-corrected chi connectivity index (χ1v) is 4.01. The molecular weight excluding hydrogens is 126 g/mol. The summed E-state index contributed by atoms with van der Waals surface area (Å²) in [6, 6.07) is 0. The lowest BCUT2D eigenvalue weighted by atomic mass is 10.3. The van der Waals surface area contributed by atoms with E-state index in [1.807, 2.05) is 13.8 Å². The zero-order chi connectivity index (χ0) is 8.41. The van der Waals surface area contributed by atoms with Gasteiger partial charge in [0.15, 0.2) is 0 Å². The first-order valence-electron chi connectivity index (χ1n) is 4.01. The molecule has 0 unspecified atom stereocenters. The van der Waals surface area contributed by atoms with Crippen LogP contribution in [-0.2, 0) is 4.79 Å². The molecule has 2 heteroatoms. The number of rotatable bonds is 3. The van der Waals surface area contributed by atoms with E-state index >= 15 is 0 Å². The number of carbonyl (C=O) groups is 1. The van der Waals surface area contributed by atoms with E-state index in [2.05, 4.69) is 12.2 Å². The Balaban J connectivity index is 0. The van der Waals surface area contributed by atoms with Gasteiger partial charge in [-0.2, -0.15) is 0 Å². The van der Waals surface area contributed by atoms with E-state index in [-0.39, 0.29) is 5.91 Å². The number of carbonyl (C=O) groups excluding carboxylic acids is 1. The molecule has 1 amide bonds. The molecule has 0 saturated heterocycles. The van der Waals surface area contributed by atoms with E-state index < -0.39 is 0 Å². The highest BCUT2D eigenvalue weighted by atomic mass is 16.1. The van der Waals surface area contributed by atoms with E-state index in [0.717, 1.165) is 19.4 Å². The second-order valence-electron chi connectivity index (χ2n) is 1.84. The molecule has 0 aliphatic heterocycles. The quantitative estimate of drug-likeness (QED) is 0.604. The molecule has 0 saturated carbocycles. The third-order valence-electron chi connectivity index (χ3n) is 0.904. The predicted molar refractivity (Wildman–Crippen MR) is 44.9 cm³/mol. The molecule has 0 aromatic carbocycles. The molecule has 0 rings (SSSR count). The topological polar surface area (TPSA) is 29.1 Å². The smallest absolute Gasteiger partial charge is 0.216 e. The van der Waals surface area contributed by atoms with Gasteiger partial charge in [-0.25, -0.2) is 0 Å². The van der Waals surface area contributed by atoms with Crippen molar-refractivity contribution in [2.24, 2.45) is 0 Å². The molecule has 10 heavy (non-hydrogen) atoms. The Labute approximate surface area is 64.0 Å². The average molecular weight is 145 g/mol. The first kappa shape index (κ1) is 12.2. The van der Waals surface area contributed by atoms with Crippen LogP contribution in [0.4, 0.5) is 0 Å². The lowest BCUT2D eigenvalue weighted by Crippen LogP contribution is -2.20. The fourth-order valence-electron chi connectivity index (χ4n) is 0.441. The lowest BCUT2D eigenvalue weighted by molar-refractivity contribution is -0.118. The summed E-state index contributed by atoms with van der Waals surface area (Å²) in [6.07, 6.45) is 2.22. The van der Waals surface area contributed by atoms with Crippen molar-refractivity contribution < 1.29 is 4.79 Å². The first-order chi connectivity index (χ1) is 4.77. The molecule has 0 fully saturated rings. The van der Waals surface area contributed by atoms with Gasteiger partial charge in [0.2, 0.25) is 5.91 Å². The van der Waals surface area contributed by atoms with Crippen LogP contribution >= 0.6 is 0 Å². The van der Waals surface area contributed by atoms with Crippen molar-refractivity contribution >= 4 is 5.91 Å². The number of unbranched alkanes of at least 4 members (excludes halogenated alkanes) is 1. The van der Waals surface area contributed by atoms with E-state index in [1.165, 1.54) is 6.92 Å². The Morgan fingerprint density at radius 3 is 2.20 bits per heavy atom. The van der Waals surface area contributed by atoms with Gasteiger partial charge in [0, 0.05) is 13.5 Å². The van der Waals surface area contributed by atoms with Gasteiger partial charge in [-0.15, -0.1) is 0 Å². The standard InChI is InChI=1S/C6H13NO.C2H6/c1-3-4-5-7-6(2)8;1-2/h3-5H2,1-2H3,(H,7,8);1-2H3. The van der Waals surface area contributed by atoms with Gasteiger partial charge < -0.3 is 5.32 Å². The van der Waals surface area contributed by atoms with E-state index in [1.54, 1.807) is 0 Å². The molecule has 0 bridgehead atoms. The third-order valence-corrected chi connectivity index (χ3v) is 0.904. The third kappa shape index (κ3) is 15.6. The molecular formula is C8H19NO. The Kier molecular flexibility index (Phi) is 13.7. The molecule has 0 radical (unpaired) electrons. The molecule has 0 heterocycles. The fourth-order valence-corrected chi connectivity index (χ4v) is 0.441. The zero-order valence-corrected chi connectivity index (χ0v) is 7.53. The van der Waals surface area contributed by atoms with Gasteiger partial charge in [0.25, 0.3) is 0 Å². The summed E-state index contributed by atoms with van der Waals surface area (Å²) >= 11 is 0. The molecule has 62 valence electrons. The van der Waals surface area contributed by atoms with Crippen LogP contribution in [0.15, 0.2) is 0 Å². The molecule has 0 atom stereocenters. The van der Waals surface area contributed by atoms with Crippen molar-refractivity contribution in [3.8, 4) is 0 Å². The summed E-state index contributed by atoms with van der Waals surface area (Å²) in [6.45, 7) is 8.46. The van der Waals surface area contributed by atoms with Crippen molar-refractivity contribution in [1.82, 2.24) is 5.32 Å². The maximum Gasteiger partial charge on any atom is 0.216 e. The fraction of sp³-hybridized carbons (Fsp3) is 0.875. The molecule has 2 nitrogen and oxygen atoms in total. The highest BCUT2D eigenvalue weighted by Crippen LogP contribution is 1.80. The maximum atomic E-state index is 10.2. The molecule has 0 spiro atoms. The second kappa shape index (κ2) is 11.3. The van der Waals surface area contributed by atoms with Crippen LogP contribution in [0, 0.1) is 0 Å². The van der Waals surface area contributed by atoms with E-state index in [4.69, 9.17) is 0 Å². The van der Waals surface area contributed by atoms with Crippen LogP contribution in [0.2, 0.25) is 0 Å². The Morgan fingerprint density at radius 1 is 1.40 bits per heavy atom. The zero-order valence-electron chi connectivity index (χ0n) is 7.53. The van der Waals surface area contributed by atoms with Crippen LogP contribution < -0.4 is 5.32 Å². The summed E-state index contributed by atoms with van der Waals surface area (Å²) < 4.78 is 0. The monoisotopic (exact) mass is 145 g/mol. The minimum atomic E-state index is 0.0680. The lowest BCUT2D eigenvalue weighted by Gasteiger charge is -1.96. The normalized spacial score (nSPS) is 7.60. The molecule has 0 aromatic rings. The van der Waals surface area contributed by atoms with Crippen LogP contribution in [0.5, 0.6) is 0 Å². The van der Waals surface area contributed by atoms with E-state index in [0.29, 0.717) is 0 Å². The van der Waals surface area contributed by atoms with Crippen LogP contribution in [0.1, 0.15) is 40.5 Å². The summed E-state index contributed by atoms with van der Waals surface area (Å²) in [4.78, 5) is 10.2. The molecule has 0 aliphatic rings. The summed E-state index contributed by atoms with van der Waals surface area (Å²) in [5.41, 5.74) is 0. The average Bonchev–Trinajstić information content (AvgIpc) is 1.92. The van der Waals surface area contributed by atoms with Crippen molar-refractivity contribution in [2.75, 3.05) is 6.54 Å². The van der Waals surface area contributed by atoms with Crippen LogP contribution in [0.25, 0.3) is 0 Å². The number of hydrogen-bond acceptors (Lipinski definition) is 1. The van der Waals surface area contributed by atoms with Crippen molar-refractivity contribution in [2.45, 2.75) is 40.5 Å². The number of nitrogens with one attached hydrogen (secondary N) is 1. The Morgan fingerprint density at radius 2 is 1.90 bits per heavy atom. The Hall–Kier alpha value is -0.530. The highest BCUT2D eigenvalue weighted by molar-refractivity contribution is 5.72. The van der Waals surface area contributed by atoms with E-state index in [9.17, 15) is 4.79 Å². The van der Waals surface area contributed by atoms with Gasteiger partial charge in [0.1, 0.15) is 0 Å². The molecule has 0 aliphatic carbocycles.